The lowest BCUT2D eigenvalue weighted by molar-refractivity contribution is -0.184. The molecule has 7 heteroatoms. The SMILES string of the molecule is NC(=O)CNC(=O)CC(CBr)OC1CCCCO1. The van der Waals surface area contributed by atoms with E-state index in [0.29, 0.717) is 11.9 Å². The van der Waals surface area contributed by atoms with E-state index in [-0.39, 0.29) is 31.3 Å². The average molecular weight is 323 g/mol. The van der Waals surface area contributed by atoms with Gasteiger partial charge in [0.2, 0.25) is 11.8 Å². The molecule has 2 unspecified atom stereocenters. The molecule has 0 saturated carbocycles. The molecule has 1 saturated heterocycles. The summed E-state index contributed by atoms with van der Waals surface area (Å²) in [6.07, 6.45) is 2.67. The van der Waals surface area contributed by atoms with Crippen LogP contribution < -0.4 is 11.1 Å². The molecule has 18 heavy (non-hydrogen) atoms. The standard InChI is InChI=1S/C11H19BrN2O4/c12-6-8(5-10(16)14-7-9(13)15)18-11-3-1-2-4-17-11/h8,11H,1-7H2,(H2,13,15)(H,14,16). The first-order valence-corrected chi connectivity index (χ1v) is 7.12. The van der Waals surface area contributed by atoms with Gasteiger partial charge in [-0.3, -0.25) is 9.59 Å². The van der Waals surface area contributed by atoms with Crippen LogP contribution >= 0.6 is 15.9 Å². The summed E-state index contributed by atoms with van der Waals surface area (Å²) in [7, 11) is 0. The number of halogens is 1. The quantitative estimate of drug-likeness (QED) is 0.659. The normalized spacial score (nSPS) is 21.3. The molecule has 1 aliphatic rings. The number of carbonyl (C=O) groups excluding carboxylic acids is 2. The molecule has 1 heterocycles. The number of hydrogen-bond donors (Lipinski definition) is 2. The minimum absolute atomic E-state index is 0.145. The number of amides is 2. The van der Waals surface area contributed by atoms with Crippen molar-refractivity contribution in [3.8, 4) is 0 Å². The van der Waals surface area contributed by atoms with Crippen molar-refractivity contribution in [3.63, 3.8) is 0 Å². The van der Waals surface area contributed by atoms with Gasteiger partial charge >= 0.3 is 0 Å². The number of nitrogens with one attached hydrogen (secondary N) is 1. The third kappa shape index (κ3) is 6.32. The van der Waals surface area contributed by atoms with Crippen molar-refractivity contribution >= 4 is 27.7 Å². The molecular formula is C11H19BrN2O4. The molecular weight excluding hydrogens is 304 g/mol. The number of alkyl halides is 1. The zero-order valence-electron chi connectivity index (χ0n) is 10.2. The fourth-order valence-electron chi connectivity index (χ4n) is 1.64. The molecule has 6 nitrogen and oxygen atoms in total. The van der Waals surface area contributed by atoms with Gasteiger partial charge in [0.05, 0.1) is 19.1 Å². The van der Waals surface area contributed by atoms with E-state index in [1.165, 1.54) is 0 Å². The minimum Gasteiger partial charge on any atom is -0.368 e. The van der Waals surface area contributed by atoms with Gasteiger partial charge in [0.15, 0.2) is 6.29 Å². The summed E-state index contributed by atoms with van der Waals surface area (Å²) >= 11 is 3.30. The number of carbonyl (C=O) groups is 2. The number of nitrogens with two attached hydrogens (primary N) is 1. The van der Waals surface area contributed by atoms with Crippen LogP contribution in [0.1, 0.15) is 25.7 Å². The smallest absolute Gasteiger partial charge is 0.236 e. The molecule has 1 fully saturated rings. The number of primary amides is 1. The molecule has 0 aromatic rings. The summed E-state index contributed by atoms with van der Waals surface area (Å²) in [5.74, 6) is -0.815. The van der Waals surface area contributed by atoms with Crippen LogP contribution in [0.5, 0.6) is 0 Å². The van der Waals surface area contributed by atoms with Crippen LogP contribution in [-0.4, -0.2) is 42.7 Å². The van der Waals surface area contributed by atoms with Crippen LogP contribution in [0.25, 0.3) is 0 Å². The maximum absolute atomic E-state index is 11.5. The van der Waals surface area contributed by atoms with Crippen molar-refractivity contribution in [2.75, 3.05) is 18.5 Å². The molecule has 0 aliphatic carbocycles. The predicted octanol–water partition coefficient (Wildman–Crippen LogP) is 0.285. The Balaban J connectivity index is 2.27. The van der Waals surface area contributed by atoms with E-state index in [9.17, 15) is 9.59 Å². The Morgan fingerprint density at radius 3 is 2.83 bits per heavy atom. The Kier molecular flexibility index (Phi) is 7.22. The molecule has 0 aromatic carbocycles. The van der Waals surface area contributed by atoms with Crippen molar-refractivity contribution in [2.45, 2.75) is 38.1 Å². The summed E-state index contributed by atoms with van der Waals surface area (Å²) in [6, 6.07) is 0. The molecule has 1 aliphatic heterocycles. The van der Waals surface area contributed by atoms with Gasteiger partial charge in [-0.2, -0.15) is 0 Å². The highest BCUT2D eigenvalue weighted by atomic mass is 79.9. The molecule has 2 amide bonds. The topological polar surface area (TPSA) is 90.7 Å². The van der Waals surface area contributed by atoms with Gasteiger partial charge in [-0.1, -0.05) is 15.9 Å². The van der Waals surface area contributed by atoms with E-state index in [1.54, 1.807) is 0 Å². The number of rotatable bonds is 7. The zero-order chi connectivity index (χ0) is 13.4. The molecule has 0 bridgehead atoms. The van der Waals surface area contributed by atoms with Crippen molar-refractivity contribution in [2.24, 2.45) is 5.73 Å². The first-order chi connectivity index (χ1) is 8.61. The van der Waals surface area contributed by atoms with Crippen molar-refractivity contribution in [1.29, 1.82) is 0 Å². The molecule has 0 radical (unpaired) electrons. The van der Waals surface area contributed by atoms with Crippen molar-refractivity contribution < 1.29 is 19.1 Å². The maximum atomic E-state index is 11.5. The molecule has 0 aromatic heterocycles. The fraction of sp³-hybridized carbons (Fsp3) is 0.818. The number of ether oxygens (including phenoxy) is 2. The summed E-state index contributed by atoms with van der Waals surface area (Å²) in [5, 5.41) is 2.97. The first-order valence-electron chi connectivity index (χ1n) is 6.00. The van der Waals surface area contributed by atoms with Gasteiger partial charge < -0.3 is 20.5 Å². The molecule has 104 valence electrons. The molecule has 0 spiro atoms. The Morgan fingerprint density at radius 2 is 2.28 bits per heavy atom. The van der Waals surface area contributed by atoms with Crippen LogP contribution in [0.3, 0.4) is 0 Å². The van der Waals surface area contributed by atoms with Crippen LogP contribution in [0.2, 0.25) is 0 Å². The van der Waals surface area contributed by atoms with Gasteiger partial charge in [-0.05, 0) is 19.3 Å². The lowest BCUT2D eigenvalue weighted by Gasteiger charge is -2.26. The molecule has 2 atom stereocenters. The first kappa shape index (κ1) is 15.4. The second-order valence-corrected chi connectivity index (χ2v) is 4.80. The van der Waals surface area contributed by atoms with Crippen molar-refractivity contribution in [1.82, 2.24) is 5.32 Å². The second-order valence-electron chi connectivity index (χ2n) is 4.16. The molecule has 1 rings (SSSR count). The lowest BCUT2D eigenvalue weighted by Crippen LogP contribution is -2.37. The van der Waals surface area contributed by atoms with Gasteiger partial charge in [0, 0.05) is 11.9 Å². The lowest BCUT2D eigenvalue weighted by atomic mass is 10.2. The van der Waals surface area contributed by atoms with Crippen LogP contribution in [0.15, 0.2) is 0 Å². The highest BCUT2D eigenvalue weighted by Crippen LogP contribution is 2.17. The van der Waals surface area contributed by atoms with E-state index < -0.39 is 5.91 Å². The summed E-state index contributed by atoms with van der Waals surface area (Å²) in [4.78, 5) is 22.0. The van der Waals surface area contributed by atoms with Gasteiger partial charge in [0.25, 0.3) is 0 Å². The number of hydrogen-bond acceptors (Lipinski definition) is 4. The molecule has 3 N–H and O–H groups in total. The Bertz CT molecular complexity index is 282. The highest BCUT2D eigenvalue weighted by molar-refractivity contribution is 9.09. The van der Waals surface area contributed by atoms with Gasteiger partial charge in [0.1, 0.15) is 0 Å². The average Bonchev–Trinajstić information content (AvgIpc) is 2.37. The van der Waals surface area contributed by atoms with Crippen LogP contribution in [-0.2, 0) is 19.1 Å². The Hall–Kier alpha value is -0.660. The third-order valence-corrected chi connectivity index (χ3v) is 3.25. The summed E-state index contributed by atoms with van der Waals surface area (Å²) in [6.45, 7) is 0.557. The predicted molar refractivity (Wildman–Crippen MR) is 69.1 cm³/mol. The summed E-state index contributed by atoms with van der Waals surface area (Å²) < 4.78 is 11.1. The maximum Gasteiger partial charge on any atom is 0.236 e. The largest absolute Gasteiger partial charge is 0.368 e. The third-order valence-electron chi connectivity index (χ3n) is 2.53. The fourth-order valence-corrected chi connectivity index (χ4v) is 2.02. The van der Waals surface area contributed by atoms with E-state index in [0.717, 1.165) is 19.3 Å². The van der Waals surface area contributed by atoms with E-state index in [2.05, 4.69) is 21.2 Å². The Labute approximate surface area is 115 Å². The van der Waals surface area contributed by atoms with E-state index in [4.69, 9.17) is 15.2 Å². The van der Waals surface area contributed by atoms with Crippen LogP contribution in [0.4, 0.5) is 0 Å². The Morgan fingerprint density at radius 1 is 1.50 bits per heavy atom. The van der Waals surface area contributed by atoms with E-state index in [1.807, 2.05) is 0 Å². The van der Waals surface area contributed by atoms with Gasteiger partial charge in [-0.15, -0.1) is 0 Å². The zero-order valence-corrected chi connectivity index (χ0v) is 11.8. The van der Waals surface area contributed by atoms with Crippen LogP contribution in [0, 0.1) is 0 Å². The van der Waals surface area contributed by atoms with Gasteiger partial charge in [-0.25, -0.2) is 0 Å². The highest BCUT2D eigenvalue weighted by Gasteiger charge is 2.21. The summed E-state index contributed by atoms with van der Waals surface area (Å²) in [5.41, 5.74) is 4.94. The van der Waals surface area contributed by atoms with Crippen molar-refractivity contribution in [3.05, 3.63) is 0 Å². The van der Waals surface area contributed by atoms with E-state index >= 15 is 0 Å². The monoisotopic (exact) mass is 322 g/mol. The minimum atomic E-state index is -0.560. The second kappa shape index (κ2) is 8.44.